The lowest BCUT2D eigenvalue weighted by Crippen LogP contribution is -2.46. The van der Waals surface area contributed by atoms with E-state index in [9.17, 15) is 4.79 Å². The van der Waals surface area contributed by atoms with Crippen LogP contribution in [0.3, 0.4) is 0 Å². The molecule has 3 rings (SSSR count). The molecule has 1 aromatic rings. The first-order chi connectivity index (χ1) is 11.2. The average Bonchev–Trinajstić information content (AvgIpc) is 3.01. The molecule has 3 atom stereocenters. The summed E-state index contributed by atoms with van der Waals surface area (Å²) < 4.78 is 0. The molecule has 0 radical (unpaired) electrons. The van der Waals surface area contributed by atoms with Gasteiger partial charge in [-0.25, -0.2) is 0 Å². The summed E-state index contributed by atoms with van der Waals surface area (Å²) in [5.74, 6) is 0.332. The van der Waals surface area contributed by atoms with E-state index in [4.69, 9.17) is 5.73 Å². The van der Waals surface area contributed by atoms with Gasteiger partial charge in [-0.2, -0.15) is 0 Å². The Hall–Kier alpha value is -0.810. The predicted octanol–water partition coefficient (Wildman–Crippen LogP) is 2.91. The number of amides is 1. The maximum absolute atomic E-state index is 12.3. The van der Waals surface area contributed by atoms with Crippen LogP contribution in [-0.4, -0.2) is 36.0 Å². The van der Waals surface area contributed by atoms with Crippen LogP contribution >= 0.6 is 24.8 Å². The van der Waals surface area contributed by atoms with Crippen LogP contribution in [0, 0.1) is 5.92 Å². The van der Waals surface area contributed by atoms with Gasteiger partial charge in [0.15, 0.2) is 0 Å². The van der Waals surface area contributed by atoms with Crippen LogP contribution in [0.1, 0.15) is 43.7 Å². The highest BCUT2D eigenvalue weighted by molar-refractivity contribution is 5.85. The van der Waals surface area contributed by atoms with Crippen molar-refractivity contribution in [3.63, 3.8) is 0 Å². The normalized spacial score (nSPS) is 23.8. The summed E-state index contributed by atoms with van der Waals surface area (Å²) in [7, 11) is 0. The maximum Gasteiger partial charge on any atom is 0.223 e. The van der Waals surface area contributed by atoms with Gasteiger partial charge in [0, 0.05) is 37.6 Å². The van der Waals surface area contributed by atoms with E-state index in [0.717, 1.165) is 51.7 Å². The summed E-state index contributed by atoms with van der Waals surface area (Å²) in [6.45, 7) is 5.05. The van der Waals surface area contributed by atoms with Crippen molar-refractivity contribution in [3.05, 3.63) is 35.4 Å². The molecule has 1 aliphatic heterocycles. The highest BCUT2D eigenvalue weighted by Crippen LogP contribution is 2.24. The molecule has 1 amide bonds. The highest BCUT2D eigenvalue weighted by Gasteiger charge is 2.29. The molecular weight excluding hydrogens is 357 g/mol. The molecule has 6 heteroatoms. The van der Waals surface area contributed by atoms with Crippen molar-refractivity contribution in [1.29, 1.82) is 0 Å². The average molecular weight is 388 g/mol. The Bertz CT molecular complexity index is 555. The van der Waals surface area contributed by atoms with Crippen LogP contribution in [0.15, 0.2) is 24.3 Å². The molecule has 1 saturated carbocycles. The molecule has 4 nitrogen and oxygen atoms in total. The minimum absolute atomic E-state index is 0. The number of hydrogen-bond donors (Lipinski definition) is 2. The Morgan fingerprint density at radius 2 is 2.00 bits per heavy atom. The lowest BCUT2D eigenvalue weighted by Gasteiger charge is -2.35. The fraction of sp³-hybridized carbons (Fsp3) is 0.632. The monoisotopic (exact) mass is 387 g/mol. The number of nitrogens with zero attached hydrogens (tertiary/aromatic N) is 1. The minimum Gasteiger partial charge on any atom is -0.354 e. The van der Waals surface area contributed by atoms with E-state index in [1.807, 2.05) is 0 Å². The van der Waals surface area contributed by atoms with E-state index in [1.54, 1.807) is 0 Å². The van der Waals surface area contributed by atoms with E-state index in [0.29, 0.717) is 6.04 Å². The SMILES string of the molecule is CCC(CNC(=O)C1CCC(N)C1)N1CCc2ccccc2C1.Cl.Cl. The van der Waals surface area contributed by atoms with Gasteiger partial charge in [-0.15, -0.1) is 24.8 Å². The largest absolute Gasteiger partial charge is 0.354 e. The third kappa shape index (κ3) is 5.58. The zero-order valence-electron chi connectivity index (χ0n) is 14.9. The molecule has 1 aromatic carbocycles. The van der Waals surface area contributed by atoms with Crippen LogP contribution in [-0.2, 0) is 17.8 Å². The molecular formula is C19H31Cl2N3O. The summed E-state index contributed by atoms with van der Waals surface area (Å²) in [4.78, 5) is 14.8. The first kappa shape index (κ1) is 22.2. The number of nitrogens with two attached hydrogens (primary N) is 1. The zero-order chi connectivity index (χ0) is 16.2. The summed E-state index contributed by atoms with van der Waals surface area (Å²) in [6, 6.07) is 9.34. The van der Waals surface area contributed by atoms with Crippen molar-refractivity contribution in [3.8, 4) is 0 Å². The van der Waals surface area contributed by atoms with Crippen LogP contribution in [0.5, 0.6) is 0 Å². The smallest absolute Gasteiger partial charge is 0.223 e. The molecule has 25 heavy (non-hydrogen) atoms. The second-order valence-corrected chi connectivity index (χ2v) is 7.07. The Labute approximate surface area is 163 Å². The second kappa shape index (κ2) is 10.4. The molecule has 3 N–H and O–H groups in total. The second-order valence-electron chi connectivity index (χ2n) is 7.07. The Morgan fingerprint density at radius 3 is 2.64 bits per heavy atom. The van der Waals surface area contributed by atoms with Gasteiger partial charge in [-0.1, -0.05) is 31.2 Å². The van der Waals surface area contributed by atoms with Gasteiger partial charge in [0.1, 0.15) is 0 Å². The molecule has 0 saturated heterocycles. The van der Waals surface area contributed by atoms with Gasteiger partial charge in [-0.05, 0) is 43.2 Å². The van der Waals surface area contributed by atoms with Crippen molar-refractivity contribution in [2.45, 2.75) is 57.7 Å². The predicted molar refractivity (Wildman–Crippen MR) is 107 cm³/mol. The van der Waals surface area contributed by atoms with Crippen LogP contribution in [0.4, 0.5) is 0 Å². The fourth-order valence-electron chi connectivity index (χ4n) is 3.98. The number of benzene rings is 1. The van der Waals surface area contributed by atoms with Crippen LogP contribution < -0.4 is 11.1 Å². The molecule has 0 spiro atoms. The lowest BCUT2D eigenvalue weighted by atomic mass is 9.98. The van der Waals surface area contributed by atoms with Crippen molar-refractivity contribution in [2.75, 3.05) is 13.1 Å². The van der Waals surface area contributed by atoms with Gasteiger partial charge < -0.3 is 11.1 Å². The van der Waals surface area contributed by atoms with Gasteiger partial charge >= 0.3 is 0 Å². The Morgan fingerprint density at radius 1 is 1.28 bits per heavy atom. The van der Waals surface area contributed by atoms with Crippen molar-refractivity contribution >= 4 is 30.7 Å². The molecule has 0 aromatic heterocycles. The molecule has 1 heterocycles. The lowest BCUT2D eigenvalue weighted by molar-refractivity contribution is -0.125. The van der Waals surface area contributed by atoms with Gasteiger partial charge in [-0.3, -0.25) is 9.69 Å². The number of fused-ring (bicyclic) bond motifs is 1. The van der Waals surface area contributed by atoms with Crippen LogP contribution in [0.2, 0.25) is 0 Å². The summed E-state index contributed by atoms with van der Waals surface area (Å²) in [5.41, 5.74) is 8.83. The number of nitrogens with one attached hydrogen (secondary N) is 1. The van der Waals surface area contributed by atoms with Gasteiger partial charge in [0.05, 0.1) is 0 Å². The first-order valence-electron chi connectivity index (χ1n) is 9.01. The third-order valence-corrected chi connectivity index (χ3v) is 5.50. The summed E-state index contributed by atoms with van der Waals surface area (Å²) in [5, 5.41) is 3.18. The summed E-state index contributed by atoms with van der Waals surface area (Å²) >= 11 is 0. The molecule has 142 valence electrons. The van der Waals surface area contributed by atoms with Crippen molar-refractivity contribution in [2.24, 2.45) is 11.7 Å². The zero-order valence-corrected chi connectivity index (χ0v) is 16.6. The topological polar surface area (TPSA) is 58.4 Å². The van der Waals surface area contributed by atoms with Gasteiger partial charge in [0.25, 0.3) is 0 Å². The van der Waals surface area contributed by atoms with Crippen molar-refractivity contribution < 1.29 is 4.79 Å². The maximum atomic E-state index is 12.3. The number of halogens is 2. The standard InChI is InChI=1S/C19H29N3O.2ClH/c1-2-18(12-21-19(23)15-7-8-17(20)11-15)22-10-9-14-5-3-4-6-16(14)13-22;;/h3-6,15,17-18H,2,7-13,20H2,1H3,(H,21,23);2*1H. The molecule has 2 aliphatic rings. The van der Waals surface area contributed by atoms with Crippen molar-refractivity contribution in [1.82, 2.24) is 10.2 Å². The highest BCUT2D eigenvalue weighted by atomic mass is 35.5. The quantitative estimate of drug-likeness (QED) is 0.816. The molecule has 1 fully saturated rings. The molecule has 1 aliphatic carbocycles. The third-order valence-electron chi connectivity index (χ3n) is 5.50. The van der Waals surface area contributed by atoms with E-state index in [1.165, 1.54) is 11.1 Å². The van der Waals surface area contributed by atoms with E-state index in [2.05, 4.69) is 41.4 Å². The van der Waals surface area contributed by atoms with Gasteiger partial charge in [0.2, 0.25) is 5.91 Å². The fourth-order valence-corrected chi connectivity index (χ4v) is 3.98. The number of hydrogen-bond acceptors (Lipinski definition) is 3. The van der Waals surface area contributed by atoms with E-state index >= 15 is 0 Å². The number of carbonyl (C=O) groups excluding carboxylic acids is 1. The number of carbonyl (C=O) groups is 1. The Kier molecular flexibility index (Phi) is 9.22. The van der Waals surface area contributed by atoms with E-state index in [-0.39, 0.29) is 42.7 Å². The molecule has 3 unspecified atom stereocenters. The minimum atomic E-state index is 0. The van der Waals surface area contributed by atoms with E-state index < -0.39 is 0 Å². The Balaban J connectivity index is 0.00000156. The number of rotatable bonds is 5. The van der Waals surface area contributed by atoms with Crippen LogP contribution in [0.25, 0.3) is 0 Å². The first-order valence-corrected chi connectivity index (χ1v) is 9.01. The molecule has 0 bridgehead atoms. The summed E-state index contributed by atoms with van der Waals surface area (Å²) in [6.07, 6.45) is 4.95.